The van der Waals surface area contributed by atoms with Crippen LogP contribution >= 0.6 is 0 Å². The second-order valence-corrected chi connectivity index (χ2v) is 7.73. The zero-order valence-corrected chi connectivity index (χ0v) is 17.6. The van der Waals surface area contributed by atoms with Crippen molar-refractivity contribution < 1.29 is 42.1 Å². The first-order chi connectivity index (χ1) is 16.0. The van der Waals surface area contributed by atoms with Crippen LogP contribution in [0.3, 0.4) is 0 Å². The molecule has 0 radical (unpaired) electrons. The number of alkyl halides is 3. The lowest BCUT2D eigenvalue weighted by Gasteiger charge is -2.18. The molecule has 0 spiro atoms. The van der Waals surface area contributed by atoms with E-state index in [0.717, 1.165) is 28.8 Å². The van der Waals surface area contributed by atoms with Gasteiger partial charge in [0.25, 0.3) is 0 Å². The second-order valence-electron chi connectivity index (χ2n) is 7.73. The minimum Gasteiger partial charge on any atom is -0.481 e. The molecule has 1 heterocycles. The van der Waals surface area contributed by atoms with Crippen molar-refractivity contribution in [3.05, 3.63) is 66.0 Å². The van der Waals surface area contributed by atoms with Crippen LogP contribution in [0.2, 0.25) is 0 Å². The Hall–Kier alpha value is -3.31. The zero-order chi connectivity index (χ0) is 25.0. The number of aromatic nitrogens is 2. The average molecular weight is 484 g/mol. The molecule has 3 aromatic rings. The molecule has 3 rings (SSSR count). The lowest BCUT2D eigenvalue weighted by molar-refractivity contribution is -0.147. The van der Waals surface area contributed by atoms with Gasteiger partial charge in [0.15, 0.2) is 0 Å². The Morgan fingerprint density at radius 3 is 1.94 bits per heavy atom. The highest BCUT2D eigenvalue weighted by atomic mass is 19.4. The van der Waals surface area contributed by atoms with Gasteiger partial charge in [-0.2, -0.15) is 13.2 Å². The fourth-order valence-corrected chi connectivity index (χ4v) is 3.59. The summed E-state index contributed by atoms with van der Waals surface area (Å²) < 4.78 is 69.5. The molecule has 0 amide bonds. The summed E-state index contributed by atoms with van der Waals surface area (Å²) in [5, 5.41) is 28.6. The minimum absolute atomic E-state index is 0.0165. The summed E-state index contributed by atoms with van der Waals surface area (Å²) in [7, 11) is 0. The van der Waals surface area contributed by atoms with Gasteiger partial charge >= 0.3 is 12.1 Å². The van der Waals surface area contributed by atoms with Gasteiger partial charge in [-0.15, -0.1) is 0 Å². The zero-order valence-electron chi connectivity index (χ0n) is 17.6. The number of aliphatic hydroxyl groups excluding tert-OH is 2. The Bertz CT molecular complexity index is 1130. The molecule has 0 aliphatic heterocycles. The lowest BCUT2D eigenvalue weighted by atomic mass is 10.0. The van der Waals surface area contributed by atoms with Crippen molar-refractivity contribution in [2.24, 2.45) is 0 Å². The largest absolute Gasteiger partial charge is 0.481 e. The first-order valence-electron chi connectivity index (χ1n) is 10.2. The van der Waals surface area contributed by atoms with E-state index in [2.05, 4.69) is 4.98 Å². The number of aliphatic hydroxyl groups is 2. The highest BCUT2D eigenvalue weighted by molar-refractivity contribution is 5.79. The number of carboxylic acid groups (broad SMARTS) is 1. The van der Waals surface area contributed by atoms with Crippen LogP contribution in [0, 0.1) is 11.6 Å². The molecule has 0 bridgehead atoms. The SMILES string of the molecule is O=C(O)C[C@H](O)C[C@H](O)CCn1c(C(F)(F)F)nc(-c2ccc(F)cc2)c1-c1ccc(F)cc1. The number of carboxylic acids is 1. The topological polar surface area (TPSA) is 95.6 Å². The average Bonchev–Trinajstić information content (AvgIpc) is 3.12. The molecule has 34 heavy (non-hydrogen) atoms. The fraction of sp³-hybridized carbons (Fsp3) is 0.304. The molecule has 0 saturated heterocycles. The monoisotopic (exact) mass is 484 g/mol. The van der Waals surface area contributed by atoms with Gasteiger partial charge in [-0.3, -0.25) is 4.79 Å². The van der Waals surface area contributed by atoms with E-state index >= 15 is 0 Å². The number of rotatable bonds is 9. The third kappa shape index (κ3) is 6.17. The van der Waals surface area contributed by atoms with E-state index in [4.69, 9.17) is 5.11 Å². The van der Waals surface area contributed by atoms with Gasteiger partial charge in [0.05, 0.1) is 30.0 Å². The molecule has 1 aromatic heterocycles. The van der Waals surface area contributed by atoms with Crippen molar-refractivity contribution in [1.82, 2.24) is 9.55 Å². The number of imidazole rings is 1. The van der Waals surface area contributed by atoms with Crippen molar-refractivity contribution in [3.63, 3.8) is 0 Å². The Kier molecular flexibility index (Phi) is 7.68. The predicted molar refractivity (Wildman–Crippen MR) is 112 cm³/mol. The van der Waals surface area contributed by atoms with E-state index in [1.165, 1.54) is 24.3 Å². The Morgan fingerprint density at radius 2 is 1.44 bits per heavy atom. The normalized spacial score (nSPS) is 13.6. The van der Waals surface area contributed by atoms with Crippen molar-refractivity contribution in [2.75, 3.05) is 0 Å². The van der Waals surface area contributed by atoms with Crippen LogP contribution in [0.4, 0.5) is 22.0 Å². The van der Waals surface area contributed by atoms with Crippen LogP contribution in [-0.4, -0.2) is 43.0 Å². The van der Waals surface area contributed by atoms with E-state index in [1.807, 2.05) is 0 Å². The van der Waals surface area contributed by atoms with Crippen LogP contribution in [0.1, 0.15) is 25.1 Å². The molecule has 2 aromatic carbocycles. The van der Waals surface area contributed by atoms with Gasteiger partial charge in [0.2, 0.25) is 5.82 Å². The van der Waals surface area contributed by atoms with Crippen molar-refractivity contribution in [2.45, 2.75) is 44.2 Å². The molecule has 182 valence electrons. The minimum atomic E-state index is -4.89. The first-order valence-corrected chi connectivity index (χ1v) is 10.2. The molecule has 3 N–H and O–H groups in total. The molecule has 0 aliphatic carbocycles. The summed E-state index contributed by atoms with van der Waals surface area (Å²) in [5.74, 6) is -3.75. The van der Waals surface area contributed by atoms with E-state index in [9.17, 15) is 37.0 Å². The van der Waals surface area contributed by atoms with Crippen molar-refractivity contribution in [1.29, 1.82) is 0 Å². The van der Waals surface area contributed by atoms with Crippen LogP contribution in [0.5, 0.6) is 0 Å². The summed E-state index contributed by atoms with van der Waals surface area (Å²) in [5.41, 5.74) is 0.281. The standard InChI is InChI=1S/C23H21F5N2O4/c24-15-5-1-13(2-6-15)20-21(14-3-7-16(25)8-4-14)30(22(29-20)23(26,27)28)10-9-17(31)11-18(32)12-19(33)34/h1-8,17-18,31-32H,9-12H2,(H,33,34)/t17-,18-/m1/s1. The second kappa shape index (κ2) is 10.3. The number of aliphatic carboxylic acids is 1. The number of carbonyl (C=O) groups is 1. The van der Waals surface area contributed by atoms with Crippen LogP contribution in [0.15, 0.2) is 48.5 Å². The van der Waals surface area contributed by atoms with Gasteiger partial charge in [0.1, 0.15) is 11.6 Å². The number of halogens is 5. The Balaban J connectivity index is 2.06. The smallest absolute Gasteiger partial charge is 0.449 e. The molecule has 2 atom stereocenters. The fourth-order valence-electron chi connectivity index (χ4n) is 3.59. The molecule has 0 saturated carbocycles. The highest BCUT2D eigenvalue weighted by Crippen LogP contribution is 2.39. The van der Waals surface area contributed by atoms with Gasteiger partial charge in [0, 0.05) is 17.7 Å². The number of hydrogen-bond donors (Lipinski definition) is 3. The number of benzene rings is 2. The summed E-state index contributed by atoms with van der Waals surface area (Å²) >= 11 is 0. The summed E-state index contributed by atoms with van der Waals surface area (Å²) in [4.78, 5) is 14.5. The van der Waals surface area contributed by atoms with Gasteiger partial charge < -0.3 is 19.9 Å². The maximum atomic E-state index is 13.9. The van der Waals surface area contributed by atoms with E-state index in [0.29, 0.717) is 0 Å². The van der Waals surface area contributed by atoms with E-state index < -0.39 is 54.8 Å². The van der Waals surface area contributed by atoms with Crippen molar-refractivity contribution >= 4 is 5.97 Å². The summed E-state index contributed by atoms with van der Waals surface area (Å²) in [6.45, 7) is -0.392. The predicted octanol–water partition coefficient (Wildman–Crippen LogP) is 4.49. The Labute approximate surface area is 190 Å². The highest BCUT2D eigenvalue weighted by Gasteiger charge is 2.39. The van der Waals surface area contributed by atoms with Crippen LogP contribution < -0.4 is 0 Å². The van der Waals surface area contributed by atoms with E-state index in [-0.39, 0.29) is 35.4 Å². The Morgan fingerprint density at radius 1 is 0.912 bits per heavy atom. The van der Waals surface area contributed by atoms with Crippen molar-refractivity contribution in [3.8, 4) is 22.5 Å². The first kappa shape index (κ1) is 25.3. The lowest BCUT2D eigenvalue weighted by Crippen LogP contribution is -2.23. The quantitative estimate of drug-likeness (QED) is 0.389. The molecule has 0 unspecified atom stereocenters. The molecular formula is C23H21F5N2O4. The number of nitrogens with zero attached hydrogens (tertiary/aromatic N) is 2. The summed E-state index contributed by atoms with van der Waals surface area (Å²) in [6, 6.07) is 9.40. The summed E-state index contributed by atoms with van der Waals surface area (Å²) in [6.07, 6.45) is -8.78. The molecular weight excluding hydrogens is 463 g/mol. The molecule has 0 fully saturated rings. The molecule has 6 nitrogen and oxygen atoms in total. The van der Waals surface area contributed by atoms with E-state index in [1.54, 1.807) is 0 Å². The molecule has 0 aliphatic rings. The third-order valence-corrected chi connectivity index (χ3v) is 5.10. The maximum absolute atomic E-state index is 13.9. The number of hydrogen-bond acceptors (Lipinski definition) is 4. The van der Waals surface area contributed by atoms with Crippen LogP contribution in [0.25, 0.3) is 22.5 Å². The van der Waals surface area contributed by atoms with Gasteiger partial charge in [-0.05, 0) is 61.4 Å². The van der Waals surface area contributed by atoms with Gasteiger partial charge in [-0.25, -0.2) is 13.8 Å². The van der Waals surface area contributed by atoms with Gasteiger partial charge in [-0.1, -0.05) is 0 Å². The maximum Gasteiger partial charge on any atom is 0.449 e. The van der Waals surface area contributed by atoms with Crippen LogP contribution in [-0.2, 0) is 17.5 Å². The molecule has 11 heteroatoms. The third-order valence-electron chi connectivity index (χ3n) is 5.10.